The molecule has 6 heteroatoms. The summed E-state index contributed by atoms with van der Waals surface area (Å²) in [6.07, 6.45) is 0.679. The molecular weight excluding hydrogens is 268 g/mol. The van der Waals surface area contributed by atoms with Crippen LogP contribution in [0.5, 0.6) is 0 Å². The van der Waals surface area contributed by atoms with E-state index in [9.17, 15) is 18.4 Å². The third kappa shape index (κ3) is 5.77. The summed E-state index contributed by atoms with van der Waals surface area (Å²) in [5.41, 5.74) is 0.395. The molecule has 0 spiro atoms. The van der Waals surface area contributed by atoms with Gasteiger partial charge in [0.2, 0.25) is 5.91 Å². The second-order valence-electron chi connectivity index (χ2n) is 4.18. The van der Waals surface area contributed by atoms with E-state index in [4.69, 9.17) is 4.74 Å². The average Bonchev–Trinajstić information content (AvgIpc) is 2.39. The Morgan fingerprint density at radius 3 is 2.65 bits per heavy atom. The minimum absolute atomic E-state index is 0.0311. The van der Waals surface area contributed by atoms with Crippen LogP contribution < -0.4 is 5.32 Å². The number of esters is 1. The Kier molecular flexibility index (Phi) is 6.63. The van der Waals surface area contributed by atoms with Gasteiger partial charge in [-0.05, 0) is 31.0 Å². The number of hydrogen-bond donors (Lipinski definition) is 1. The Bertz CT molecular complexity index is 477. The average molecular weight is 285 g/mol. The van der Waals surface area contributed by atoms with E-state index >= 15 is 0 Å². The molecule has 0 atom stereocenters. The molecule has 4 nitrogen and oxygen atoms in total. The lowest BCUT2D eigenvalue weighted by Crippen LogP contribution is -2.26. The van der Waals surface area contributed by atoms with Crippen molar-refractivity contribution in [2.45, 2.75) is 26.2 Å². The lowest BCUT2D eigenvalue weighted by Gasteiger charge is -2.05. The molecule has 0 aliphatic carbocycles. The largest absolute Gasteiger partial charge is 0.466 e. The first kappa shape index (κ1) is 16.1. The van der Waals surface area contributed by atoms with Gasteiger partial charge in [0.15, 0.2) is 11.6 Å². The van der Waals surface area contributed by atoms with Gasteiger partial charge in [0, 0.05) is 13.0 Å². The van der Waals surface area contributed by atoms with Crippen LogP contribution in [0.25, 0.3) is 0 Å². The summed E-state index contributed by atoms with van der Waals surface area (Å²) in [5, 5.41) is 2.60. The Balaban J connectivity index is 2.26. The van der Waals surface area contributed by atoms with Gasteiger partial charge < -0.3 is 10.1 Å². The highest BCUT2D eigenvalue weighted by atomic mass is 19.2. The summed E-state index contributed by atoms with van der Waals surface area (Å²) in [6, 6.07) is 3.34. The molecule has 1 aromatic carbocycles. The van der Waals surface area contributed by atoms with Gasteiger partial charge in [-0.1, -0.05) is 6.07 Å². The number of rotatable bonds is 7. The third-order valence-electron chi connectivity index (χ3n) is 2.53. The Hall–Kier alpha value is -1.98. The second-order valence-corrected chi connectivity index (χ2v) is 4.18. The molecule has 0 bridgehead atoms. The summed E-state index contributed by atoms with van der Waals surface area (Å²) in [4.78, 5) is 22.6. The molecule has 0 heterocycles. The molecule has 0 radical (unpaired) electrons. The van der Waals surface area contributed by atoms with E-state index in [-0.39, 0.29) is 24.7 Å². The zero-order chi connectivity index (χ0) is 15.0. The number of hydrogen-bond acceptors (Lipinski definition) is 3. The van der Waals surface area contributed by atoms with Crippen molar-refractivity contribution in [2.75, 3.05) is 13.2 Å². The number of halogens is 2. The molecule has 1 N–H and O–H groups in total. The topological polar surface area (TPSA) is 55.4 Å². The van der Waals surface area contributed by atoms with Gasteiger partial charge in [-0.15, -0.1) is 0 Å². The zero-order valence-electron chi connectivity index (χ0n) is 11.2. The van der Waals surface area contributed by atoms with Gasteiger partial charge in [0.25, 0.3) is 0 Å². The van der Waals surface area contributed by atoms with Crippen LogP contribution in [-0.4, -0.2) is 25.0 Å². The van der Waals surface area contributed by atoms with Crippen LogP contribution in [0.15, 0.2) is 18.2 Å². The Morgan fingerprint density at radius 1 is 1.25 bits per heavy atom. The molecule has 0 saturated carbocycles. The fourth-order valence-electron chi connectivity index (χ4n) is 1.59. The highest BCUT2D eigenvalue weighted by Crippen LogP contribution is 2.09. The van der Waals surface area contributed by atoms with Gasteiger partial charge in [-0.25, -0.2) is 8.78 Å². The minimum Gasteiger partial charge on any atom is -0.466 e. The Morgan fingerprint density at radius 2 is 2.00 bits per heavy atom. The highest BCUT2D eigenvalue weighted by molar-refractivity contribution is 5.78. The zero-order valence-corrected chi connectivity index (χ0v) is 11.2. The van der Waals surface area contributed by atoms with E-state index in [2.05, 4.69) is 5.32 Å². The molecule has 0 fully saturated rings. The van der Waals surface area contributed by atoms with Crippen molar-refractivity contribution in [1.82, 2.24) is 5.32 Å². The summed E-state index contributed by atoms with van der Waals surface area (Å²) in [6.45, 7) is 2.39. The van der Waals surface area contributed by atoms with Crippen LogP contribution >= 0.6 is 0 Å². The van der Waals surface area contributed by atoms with Gasteiger partial charge in [0.1, 0.15) is 0 Å². The fraction of sp³-hybridized carbons (Fsp3) is 0.429. The molecule has 1 rings (SSSR count). The van der Waals surface area contributed by atoms with Crippen molar-refractivity contribution in [2.24, 2.45) is 0 Å². The van der Waals surface area contributed by atoms with Gasteiger partial charge in [-0.3, -0.25) is 9.59 Å². The van der Waals surface area contributed by atoms with E-state index in [0.717, 1.165) is 12.1 Å². The summed E-state index contributed by atoms with van der Waals surface area (Å²) in [7, 11) is 0. The molecule has 1 aromatic rings. The smallest absolute Gasteiger partial charge is 0.305 e. The summed E-state index contributed by atoms with van der Waals surface area (Å²) >= 11 is 0. The molecule has 0 aliphatic heterocycles. The van der Waals surface area contributed by atoms with E-state index in [1.165, 1.54) is 6.07 Å². The lowest BCUT2D eigenvalue weighted by atomic mass is 10.1. The molecule has 1 amide bonds. The molecule has 110 valence electrons. The van der Waals surface area contributed by atoms with E-state index < -0.39 is 11.6 Å². The minimum atomic E-state index is -0.974. The first-order valence-corrected chi connectivity index (χ1v) is 6.39. The quantitative estimate of drug-likeness (QED) is 0.615. The number of nitrogens with one attached hydrogen (secondary N) is 1. The standard InChI is InChI=1S/C14H17F2NO3/c1-2-20-14(19)4-3-7-17-13(18)9-10-5-6-11(15)12(16)8-10/h5-6,8H,2-4,7,9H2,1H3,(H,17,18). The van der Waals surface area contributed by atoms with Crippen LogP contribution in [0.1, 0.15) is 25.3 Å². The molecular formula is C14H17F2NO3. The van der Waals surface area contributed by atoms with Crippen LogP contribution in [0, 0.1) is 11.6 Å². The first-order chi connectivity index (χ1) is 9.52. The van der Waals surface area contributed by atoms with Crippen LogP contribution in [-0.2, 0) is 20.7 Å². The summed E-state index contributed by atoms with van der Waals surface area (Å²) < 4.78 is 30.4. The van der Waals surface area contributed by atoms with Crippen LogP contribution in [0.3, 0.4) is 0 Å². The lowest BCUT2D eigenvalue weighted by molar-refractivity contribution is -0.143. The number of benzene rings is 1. The van der Waals surface area contributed by atoms with Crippen LogP contribution in [0.4, 0.5) is 8.78 Å². The van der Waals surface area contributed by atoms with Crippen molar-refractivity contribution in [3.63, 3.8) is 0 Å². The third-order valence-corrected chi connectivity index (χ3v) is 2.53. The number of amides is 1. The molecule has 20 heavy (non-hydrogen) atoms. The number of carbonyl (C=O) groups is 2. The van der Waals surface area contributed by atoms with E-state index in [0.29, 0.717) is 25.1 Å². The number of carbonyl (C=O) groups excluding carboxylic acids is 2. The van der Waals surface area contributed by atoms with E-state index in [1.807, 2.05) is 0 Å². The maximum absolute atomic E-state index is 12.9. The highest BCUT2D eigenvalue weighted by Gasteiger charge is 2.07. The normalized spacial score (nSPS) is 10.2. The predicted octanol–water partition coefficient (Wildman–Crippen LogP) is 1.97. The fourth-order valence-corrected chi connectivity index (χ4v) is 1.59. The van der Waals surface area contributed by atoms with Gasteiger partial charge >= 0.3 is 5.97 Å². The maximum Gasteiger partial charge on any atom is 0.305 e. The van der Waals surface area contributed by atoms with Gasteiger partial charge in [-0.2, -0.15) is 0 Å². The van der Waals surface area contributed by atoms with E-state index in [1.54, 1.807) is 6.92 Å². The molecule has 0 unspecified atom stereocenters. The van der Waals surface area contributed by atoms with Gasteiger partial charge in [0.05, 0.1) is 13.0 Å². The molecule has 0 aromatic heterocycles. The van der Waals surface area contributed by atoms with Crippen molar-refractivity contribution >= 4 is 11.9 Å². The van der Waals surface area contributed by atoms with Crippen molar-refractivity contribution in [1.29, 1.82) is 0 Å². The maximum atomic E-state index is 12.9. The van der Waals surface area contributed by atoms with Crippen molar-refractivity contribution < 1.29 is 23.1 Å². The van der Waals surface area contributed by atoms with Crippen molar-refractivity contribution in [3.8, 4) is 0 Å². The Labute approximate surface area is 116 Å². The second kappa shape index (κ2) is 8.24. The summed E-state index contributed by atoms with van der Waals surface area (Å²) in [5.74, 6) is -2.52. The van der Waals surface area contributed by atoms with Crippen LogP contribution in [0.2, 0.25) is 0 Å². The monoisotopic (exact) mass is 285 g/mol. The SMILES string of the molecule is CCOC(=O)CCCNC(=O)Cc1ccc(F)c(F)c1. The predicted molar refractivity (Wildman–Crippen MR) is 68.9 cm³/mol. The number of ether oxygens (including phenoxy) is 1. The molecule has 0 saturated heterocycles. The van der Waals surface area contributed by atoms with Crippen molar-refractivity contribution in [3.05, 3.63) is 35.4 Å². The molecule has 0 aliphatic rings. The first-order valence-electron chi connectivity index (χ1n) is 6.39.